The number of ether oxygens (including phenoxy) is 1. The van der Waals surface area contributed by atoms with Gasteiger partial charge in [-0.05, 0) is 6.42 Å². The van der Waals surface area contributed by atoms with Gasteiger partial charge in [0.25, 0.3) is 0 Å². The minimum absolute atomic E-state index is 0.0134. The molecule has 1 unspecified atom stereocenters. The summed E-state index contributed by atoms with van der Waals surface area (Å²) in [6.45, 7) is 3.94. The maximum absolute atomic E-state index is 11.2. The Morgan fingerprint density at radius 2 is 2.23 bits per heavy atom. The Labute approximate surface area is 77.9 Å². The molecule has 1 N–H and O–H groups in total. The molecule has 1 atom stereocenters. The molecule has 1 rings (SSSR count). The molecule has 0 aromatic carbocycles. The third-order valence-corrected chi connectivity index (χ3v) is 2.56. The van der Waals surface area contributed by atoms with Crippen LogP contribution < -0.4 is 5.32 Å². The van der Waals surface area contributed by atoms with E-state index in [1.165, 1.54) is 7.11 Å². The zero-order chi connectivity index (χ0) is 10.1. The van der Waals surface area contributed by atoms with E-state index in [1.54, 1.807) is 0 Å². The molecule has 13 heavy (non-hydrogen) atoms. The number of nitrogens with one attached hydrogen (secondary N) is 1. The second kappa shape index (κ2) is 3.00. The Morgan fingerprint density at radius 1 is 1.69 bits per heavy atom. The van der Waals surface area contributed by atoms with Crippen molar-refractivity contribution in [2.75, 3.05) is 13.7 Å². The van der Waals surface area contributed by atoms with Gasteiger partial charge < -0.3 is 10.1 Å². The summed E-state index contributed by atoms with van der Waals surface area (Å²) in [5, 5.41) is 11.6. The molecule has 1 aliphatic carbocycles. The monoisotopic (exact) mass is 182 g/mol. The van der Waals surface area contributed by atoms with Crippen LogP contribution in [0.2, 0.25) is 0 Å². The first-order valence-electron chi connectivity index (χ1n) is 4.19. The van der Waals surface area contributed by atoms with Gasteiger partial charge in [0, 0.05) is 12.5 Å². The van der Waals surface area contributed by atoms with Crippen molar-refractivity contribution in [1.29, 1.82) is 5.26 Å². The van der Waals surface area contributed by atoms with Crippen LogP contribution in [-0.2, 0) is 9.53 Å². The highest BCUT2D eigenvalue weighted by Crippen LogP contribution is 2.54. The summed E-state index contributed by atoms with van der Waals surface area (Å²) in [4.78, 5) is 11.2. The first kappa shape index (κ1) is 10.0. The highest BCUT2D eigenvalue weighted by molar-refractivity contribution is 5.79. The summed E-state index contributed by atoms with van der Waals surface area (Å²) in [6.07, 6.45) is 0.714. The SMILES string of the molecule is COCC(=O)NC1(C#N)CC1(C)C. The van der Waals surface area contributed by atoms with Crippen LogP contribution in [0.4, 0.5) is 0 Å². The summed E-state index contributed by atoms with van der Waals surface area (Å²) in [5.74, 6) is -0.227. The molecular formula is C9H14N2O2. The van der Waals surface area contributed by atoms with Gasteiger partial charge in [0.2, 0.25) is 5.91 Å². The van der Waals surface area contributed by atoms with Crippen molar-refractivity contribution >= 4 is 5.91 Å². The zero-order valence-electron chi connectivity index (χ0n) is 8.18. The van der Waals surface area contributed by atoms with Crippen LogP contribution >= 0.6 is 0 Å². The van der Waals surface area contributed by atoms with Gasteiger partial charge in [-0.1, -0.05) is 13.8 Å². The first-order chi connectivity index (χ1) is 5.97. The lowest BCUT2D eigenvalue weighted by atomic mass is 10.1. The molecule has 0 aromatic heterocycles. The van der Waals surface area contributed by atoms with Crippen LogP contribution in [0, 0.1) is 16.7 Å². The molecule has 0 spiro atoms. The maximum Gasteiger partial charge on any atom is 0.247 e. The topological polar surface area (TPSA) is 62.1 Å². The average molecular weight is 182 g/mol. The van der Waals surface area contributed by atoms with Gasteiger partial charge >= 0.3 is 0 Å². The van der Waals surface area contributed by atoms with Gasteiger partial charge in [-0.3, -0.25) is 4.79 Å². The standard InChI is InChI=1S/C9H14N2O2/c1-8(2)5-9(8,6-10)11-7(12)4-13-3/h4-5H2,1-3H3,(H,11,12). The van der Waals surface area contributed by atoms with Crippen molar-refractivity contribution in [1.82, 2.24) is 5.32 Å². The lowest BCUT2D eigenvalue weighted by Crippen LogP contribution is -2.41. The number of amides is 1. The van der Waals surface area contributed by atoms with E-state index < -0.39 is 5.54 Å². The summed E-state index contributed by atoms with van der Waals surface area (Å²) < 4.78 is 4.67. The van der Waals surface area contributed by atoms with Crippen molar-refractivity contribution in [3.63, 3.8) is 0 Å². The van der Waals surface area contributed by atoms with Gasteiger partial charge in [0.1, 0.15) is 12.1 Å². The van der Waals surface area contributed by atoms with E-state index in [0.717, 1.165) is 0 Å². The van der Waals surface area contributed by atoms with E-state index in [1.807, 2.05) is 13.8 Å². The van der Waals surface area contributed by atoms with Crippen LogP contribution in [0.3, 0.4) is 0 Å². The lowest BCUT2D eigenvalue weighted by Gasteiger charge is -2.13. The van der Waals surface area contributed by atoms with Gasteiger partial charge in [-0.25, -0.2) is 0 Å². The number of carbonyl (C=O) groups excluding carboxylic acids is 1. The zero-order valence-corrected chi connectivity index (χ0v) is 8.18. The maximum atomic E-state index is 11.2. The first-order valence-corrected chi connectivity index (χ1v) is 4.19. The van der Waals surface area contributed by atoms with Gasteiger partial charge in [-0.2, -0.15) is 5.26 Å². The summed E-state index contributed by atoms with van der Waals surface area (Å²) in [7, 11) is 1.46. The number of rotatable bonds is 3. The number of nitriles is 1. The predicted molar refractivity (Wildman–Crippen MR) is 46.8 cm³/mol. The number of hydrogen-bond donors (Lipinski definition) is 1. The third kappa shape index (κ3) is 1.65. The number of methoxy groups -OCH3 is 1. The fourth-order valence-corrected chi connectivity index (χ4v) is 1.46. The largest absolute Gasteiger partial charge is 0.375 e. The smallest absolute Gasteiger partial charge is 0.247 e. The molecule has 1 aliphatic rings. The van der Waals surface area contributed by atoms with E-state index in [0.29, 0.717) is 6.42 Å². The second-order valence-electron chi connectivity index (χ2n) is 4.06. The molecule has 0 radical (unpaired) electrons. The van der Waals surface area contributed by atoms with Gasteiger partial charge in [0.05, 0.1) is 6.07 Å². The van der Waals surface area contributed by atoms with Crippen molar-refractivity contribution in [2.24, 2.45) is 5.41 Å². The molecule has 1 saturated carbocycles. The van der Waals surface area contributed by atoms with Gasteiger partial charge in [-0.15, -0.1) is 0 Å². The highest BCUT2D eigenvalue weighted by atomic mass is 16.5. The minimum atomic E-state index is -0.664. The molecule has 0 saturated heterocycles. The summed E-state index contributed by atoms with van der Waals surface area (Å²) >= 11 is 0. The van der Waals surface area contributed by atoms with Crippen molar-refractivity contribution in [2.45, 2.75) is 25.8 Å². The number of carbonyl (C=O) groups is 1. The van der Waals surface area contributed by atoms with Crippen molar-refractivity contribution in [3.8, 4) is 6.07 Å². The molecule has 72 valence electrons. The molecule has 0 heterocycles. The Morgan fingerprint density at radius 3 is 2.54 bits per heavy atom. The van der Waals surface area contributed by atoms with Crippen molar-refractivity contribution < 1.29 is 9.53 Å². The molecule has 4 nitrogen and oxygen atoms in total. The van der Waals surface area contributed by atoms with E-state index in [9.17, 15) is 4.79 Å². The number of nitrogens with zero attached hydrogens (tertiary/aromatic N) is 1. The molecule has 0 aromatic rings. The summed E-state index contributed by atoms with van der Waals surface area (Å²) in [5.41, 5.74) is -0.770. The molecular weight excluding hydrogens is 168 g/mol. The molecule has 0 aliphatic heterocycles. The van der Waals surface area contributed by atoms with Crippen LogP contribution in [-0.4, -0.2) is 25.2 Å². The lowest BCUT2D eigenvalue weighted by molar-refractivity contribution is -0.125. The van der Waals surface area contributed by atoms with E-state index in [2.05, 4.69) is 16.1 Å². The van der Waals surface area contributed by atoms with Crippen LogP contribution in [0.1, 0.15) is 20.3 Å². The highest BCUT2D eigenvalue weighted by Gasteiger charge is 2.63. The molecule has 1 fully saturated rings. The minimum Gasteiger partial charge on any atom is -0.375 e. The average Bonchev–Trinajstić information content (AvgIpc) is 2.54. The predicted octanol–water partition coefficient (Wildman–Crippen LogP) is 0.441. The fraction of sp³-hybridized carbons (Fsp3) is 0.778. The third-order valence-electron chi connectivity index (χ3n) is 2.56. The number of hydrogen-bond acceptors (Lipinski definition) is 3. The molecule has 1 amide bonds. The second-order valence-corrected chi connectivity index (χ2v) is 4.06. The normalized spacial score (nSPS) is 29.1. The Balaban J connectivity index is 2.55. The van der Waals surface area contributed by atoms with Crippen LogP contribution in [0.25, 0.3) is 0 Å². The Hall–Kier alpha value is -1.08. The van der Waals surface area contributed by atoms with Crippen molar-refractivity contribution in [3.05, 3.63) is 0 Å². The quantitative estimate of drug-likeness (QED) is 0.689. The van der Waals surface area contributed by atoms with Gasteiger partial charge in [0.15, 0.2) is 0 Å². The van der Waals surface area contributed by atoms with E-state index in [-0.39, 0.29) is 17.9 Å². The molecule has 0 bridgehead atoms. The van der Waals surface area contributed by atoms with E-state index >= 15 is 0 Å². The van der Waals surface area contributed by atoms with Crippen LogP contribution in [0.15, 0.2) is 0 Å². The van der Waals surface area contributed by atoms with Crippen LogP contribution in [0.5, 0.6) is 0 Å². The Bertz CT molecular complexity index is 267. The van der Waals surface area contributed by atoms with E-state index in [4.69, 9.17) is 5.26 Å². The molecule has 4 heteroatoms. The Kier molecular flexibility index (Phi) is 2.31. The summed E-state index contributed by atoms with van der Waals surface area (Å²) in [6, 6.07) is 2.14. The fourth-order valence-electron chi connectivity index (χ4n) is 1.46.